The molecule has 0 fully saturated rings. The number of carbonyl (C=O) groups is 1. The molecule has 2 aromatic rings. The van der Waals surface area contributed by atoms with Gasteiger partial charge in [0, 0.05) is 17.8 Å². The number of hydrogen-bond acceptors (Lipinski definition) is 3. The zero-order chi connectivity index (χ0) is 11.5. The molecule has 0 aliphatic heterocycles. The Morgan fingerprint density at radius 2 is 2.19 bits per heavy atom. The number of nitrogens with two attached hydrogens (primary N) is 1. The Labute approximate surface area is 92.7 Å². The van der Waals surface area contributed by atoms with E-state index in [9.17, 15) is 4.79 Å². The number of aliphatic carboxylic acids is 1. The third-order valence-electron chi connectivity index (χ3n) is 2.55. The maximum atomic E-state index is 10.7. The number of para-hydroxylation sites is 1. The summed E-state index contributed by atoms with van der Waals surface area (Å²) in [5.74, 6) is -0.480. The second kappa shape index (κ2) is 4.37. The average Bonchev–Trinajstić information content (AvgIpc) is 2.68. The third kappa shape index (κ3) is 2.06. The van der Waals surface area contributed by atoms with Crippen LogP contribution < -0.4 is 5.73 Å². The molecule has 0 aliphatic carbocycles. The molecule has 0 aliphatic rings. The number of furan rings is 1. The van der Waals surface area contributed by atoms with Gasteiger partial charge in [0.1, 0.15) is 11.3 Å². The number of carboxylic acid groups (broad SMARTS) is 1. The highest BCUT2D eigenvalue weighted by Gasteiger charge is 2.17. The van der Waals surface area contributed by atoms with E-state index >= 15 is 0 Å². The van der Waals surface area contributed by atoms with E-state index in [0.717, 1.165) is 11.0 Å². The Kier molecular flexibility index (Phi) is 2.92. The van der Waals surface area contributed by atoms with Gasteiger partial charge in [0.2, 0.25) is 0 Å². The van der Waals surface area contributed by atoms with Gasteiger partial charge in [-0.3, -0.25) is 4.79 Å². The summed E-state index contributed by atoms with van der Waals surface area (Å²) in [5, 5.41) is 9.73. The Morgan fingerprint density at radius 3 is 2.81 bits per heavy atom. The van der Waals surface area contributed by atoms with Crippen LogP contribution in [0.25, 0.3) is 11.0 Å². The number of fused-ring (bicyclic) bond motifs is 1. The van der Waals surface area contributed by atoms with Crippen LogP contribution in [0.15, 0.2) is 34.7 Å². The number of rotatable bonds is 4. The lowest BCUT2D eigenvalue weighted by Gasteiger charge is -2.07. The standard InChI is InChI=1S/C12H13NO3/c13-7-9(6-12(14)15)11-5-8-3-1-2-4-10(8)16-11/h1-5,9H,6-7,13H2,(H,14,15). The molecule has 1 unspecified atom stereocenters. The Hall–Kier alpha value is -1.81. The normalized spacial score (nSPS) is 12.8. The van der Waals surface area contributed by atoms with Gasteiger partial charge in [-0.15, -0.1) is 0 Å². The number of hydrogen-bond donors (Lipinski definition) is 2. The molecule has 84 valence electrons. The zero-order valence-electron chi connectivity index (χ0n) is 8.72. The maximum absolute atomic E-state index is 10.7. The fraction of sp³-hybridized carbons (Fsp3) is 0.250. The van der Waals surface area contributed by atoms with Crippen molar-refractivity contribution in [1.29, 1.82) is 0 Å². The first-order valence-electron chi connectivity index (χ1n) is 5.11. The SMILES string of the molecule is NCC(CC(=O)O)c1cc2ccccc2o1. The van der Waals surface area contributed by atoms with Crippen molar-refractivity contribution in [1.82, 2.24) is 0 Å². The Bertz CT molecular complexity index is 471. The summed E-state index contributed by atoms with van der Waals surface area (Å²) in [7, 11) is 0. The van der Waals surface area contributed by atoms with E-state index in [2.05, 4.69) is 0 Å². The molecule has 16 heavy (non-hydrogen) atoms. The van der Waals surface area contributed by atoms with Gasteiger partial charge in [-0.2, -0.15) is 0 Å². The molecule has 0 radical (unpaired) electrons. The molecule has 0 amide bonds. The lowest BCUT2D eigenvalue weighted by molar-refractivity contribution is -0.137. The van der Waals surface area contributed by atoms with Gasteiger partial charge in [-0.25, -0.2) is 0 Å². The summed E-state index contributed by atoms with van der Waals surface area (Å²) in [6.07, 6.45) is -0.00365. The highest BCUT2D eigenvalue weighted by atomic mass is 16.4. The van der Waals surface area contributed by atoms with Gasteiger partial charge < -0.3 is 15.3 Å². The predicted octanol–water partition coefficient (Wildman–Crippen LogP) is 1.95. The molecule has 2 rings (SSSR count). The van der Waals surface area contributed by atoms with Gasteiger partial charge in [0.25, 0.3) is 0 Å². The summed E-state index contributed by atoms with van der Waals surface area (Å²) < 4.78 is 5.58. The largest absolute Gasteiger partial charge is 0.481 e. The third-order valence-corrected chi connectivity index (χ3v) is 2.55. The summed E-state index contributed by atoms with van der Waals surface area (Å²) in [5.41, 5.74) is 6.32. The van der Waals surface area contributed by atoms with E-state index in [-0.39, 0.29) is 18.9 Å². The highest BCUT2D eigenvalue weighted by Crippen LogP contribution is 2.26. The first kappa shape index (κ1) is 10.7. The highest BCUT2D eigenvalue weighted by molar-refractivity contribution is 5.78. The van der Waals surface area contributed by atoms with Gasteiger partial charge in [-0.1, -0.05) is 18.2 Å². The Balaban J connectivity index is 2.34. The molecule has 0 bridgehead atoms. The predicted molar refractivity (Wildman–Crippen MR) is 60.3 cm³/mol. The summed E-state index contributed by atoms with van der Waals surface area (Å²) in [6, 6.07) is 9.43. The first-order valence-corrected chi connectivity index (χ1v) is 5.11. The smallest absolute Gasteiger partial charge is 0.304 e. The topological polar surface area (TPSA) is 76.5 Å². The quantitative estimate of drug-likeness (QED) is 0.824. The molecule has 4 nitrogen and oxygen atoms in total. The van der Waals surface area contributed by atoms with E-state index < -0.39 is 5.97 Å². The molecule has 1 aromatic carbocycles. The maximum Gasteiger partial charge on any atom is 0.304 e. The van der Waals surface area contributed by atoms with Crippen molar-refractivity contribution in [3.8, 4) is 0 Å². The molecule has 0 spiro atoms. The van der Waals surface area contributed by atoms with E-state index in [1.54, 1.807) is 0 Å². The van der Waals surface area contributed by atoms with Crippen LogP contribution in [0.4, 0.5) is 0 Å². The van der Waals surface area contributed by atoms with Crippen LogP contribution >= 0.6 is 0 Å². The fourth-order valence-electron chi connectivity index (χ4n) is 1.71. The minimum absolute atomic E-state index is 0.00365. The van der Waals surface area contributed by atoms with E-state index in [1.807, 2.05) is 30.3 Å². The molecular formula is C12H13NO3. The Morgan fingerprint density at radius 1 is 1.44 bits per heavy atom. The monoisotopic (exact) mass is 219 g/mol. The van der Waals surface area contributed by atoms with Crippen LogP contribution in [0, 0.1) is 0 Å². The molecule has 3 N–H and O–H groups in total. The van der Waals surface area contributed by atoms with Crippen molar-refractivity contribution >= 4 is 16.9 Å². The van der Waals surface area contributed by atoms with Crippen molar-refractivity contribution < 1.29 is 14.3 Å². The van der Waals surface area contributed by atoms with E-state index in [4.69, 9.17) is 15.3 Å². The van der Waals surface area contributed by atoms with Gasteiger partial charge >= 0.3 is 5.97 Å². The summed E-state index contributed by atoms with van der Waals surface area (Å²) in [6.45, 7) is 0.270. The minimum atomic E-state index is -0.865. The molecule has 4 heteroatoms. The van der Waals surface area contributed by atoms with Crippen molar-refractivity contribution in [2.24, 2.45) is 5.73 Å². The van der Waals surface area contributed by atoms with E-state index in [0.29, 0.717) is 5.76 Å². The lowest BCUT2D eigenvalue weighted by atomic mass is 10.0. The molecule has 1 heterocycles. The van der Waals surface area contributed by atoms with Crippen LogP contribution in [0.3, 0.4) is 0 Å². The van der Waals surface area contributed by atoms with Crippen molar-refractivity contribution in [2.75, 3.05) is 6.54 Å². The van der Waals surface area contributed by atoms with E-state index in [1.165, 1.54) is 0 Å². The zero-order valence-corrected chi connectivity index (χ0v) is 8.72. The number of carboxylic acids is 1. The summed E-state index contributed by atoms with van der Waals surface area (Å²) >= 11 is 0. The minimum Gasteiger partial charge on any atom is -0.481 e. The molecular weight excluding hydrogens is 206 g/mol. The first-order chi connectivity index (χ1) is 7.70. The van der Waals surface area contributed by atoms with Crippen molar-refractivity contribution in [2.45, 2.75) is 12.3 Å². The van der Waals surface area contributed by atoms with Crippen LogP contribution in [-0.2, 0) is 4.79 Å². The van der Waals surface area contributed by atoms with Crippen molar-refractivity contribution in [3.63, 3.8) is 0 Å². The van der Waals surface area contributed by atoms with Crippen LogP contribution in [0.2, 0.25) is 0 Å². The van der Waals surface area contributed by atoms with Crippen LogP contribution in [0.5, 0.6) is 0 Å². The van der Waals surface area contributed by atoms with Gasteiger partial charge in [0.05, 0.1) is 6.42 Å². The van der Waals surface area contributed by atoms with Crippen LogP contribution in [-0.4, -0.2) is 17.6 Å². The van der Waals surface area contributed by atoms with Gasteiger partial charge in [-0.05, 0) is 12.1 Å². The number of benzene rings is 1. The van der Waals surface area contributed by atoms with Crippen molar-refractivity contribution in [3.05, 3.63) is 36.1 Å². The molecule has 0 saturated carbocycles. The molecule has 0 saturated heterocycles. The fourth-order valence-corrected chi connectivity index (χ4v) is 1.71. The second-order valence-corrected chi connectivity index (χ2v) is 3.72. The summed E-state index contributed by atoms with van der Waals surface area (Å²) in [4.78, 5) is 10.7. The lowest BCUT2D eigenvalue weighted by Crippen LogP contribution is -2.15. The molecule has 1 aromatic heterocycles. The van der Waals surface area contributed by atoms with Gasteiger partial charge in [0.15, 0.2) is 0 Å². The second-order valence-electron chi connectivity index (χ2n) is 3.72. The molecule has 1 atom stereocenters. The average molecular weight is 219 g/mol. The van der Waals surface area contributed by atoms with Crippen LogP contribution in [0.1, 0.15) is 18.1 Å².